The Morgan fingerprint density at radius 3 is 2.28 bits per heavy atom. The summed E-state index contributed by atoms with van der Waals surface area (Å²) in [5, 5.41) is 9.86. The van der Waals surface area contributed by atoms with Crippen molar-refractivity contribution >= 4 is 0 Å². The lowest BCUT2D eigenvalue weighted by atomic mass is 10.0. The SMILES string of the molecule is OC(Cc1ccc(F)c(F)c1)c1ccccc1F. The number of hydrogen-bond donors (Lipinski definition) is 1. The van der Waals surface area contributed by atoms with Crippen LogP contribution in [0, 0.1) is 17.5 Å². The maximum atomic E-state index is 13.4. The lowest BCUT2D eigenvalue weighted by Crippen LogP contribution is -2.04. The molecule has 0 saturated carbocycles. The highest BCUT2D eigenvalue weighted by molar-refractivity contribution is 5.24. The van der Waals surface area contributed by atoms with Gasteiger partial charge in [0.05, 0.1) is 6.10 Å². The van der Waals surface area contributed by atoms with Gasteiger partial charge >= 0.3 is 0 Å². The molecule has 0 radical (unpaired) electrons. The van der Waals surface area contributed by atoms with Crippen LogP contribution in [0.25, 0.3) is 0 Å². The quantitative estimate of drug-likeness (QED) is 0.887. The van der Waals surface area contributed by atoms with E-state index in [4.69, 9.17) is 0 Å². The normalized spacial score (nSPS) is 12.4. The number of rotatable bonds is 3. The molecule has 0 bridgehead atoms. The maximum absolute atomic E-state index is 13.4. The number of aliphatic hydroxyl groups excluding tert-OH is 1. The minimum Gasteiger partial charge on any atom is -0.388 e. The van der Waals surface area contributed by atoms with Crippen LogP contribution in [0.1, 0.15) is 17.2 Å². The fourth-order valence-electron chi connectivity index (χ4n) is 1.75. The second-order valence-electron chi connectivity index (χ2n) is 3.99. The topological polar surface area (TPSA) is 20.2 Å². The summed E-state index contributed by atoms with van der Waals surface area (Å²) in [6, 6.07) is 9.17. The molecule has 0 amide bonds. The summed E-state index contributed by atoms with van der Waals surface area (Å²) >= 11 is 0. The number of benzene rings is 2. The Morgan fingerprint density at radius 1 is 0.889 bits per heavy atom. The fraction of sp³-hybridized carbons (Fsp3) is 0.143. The molecule has 0 fully saturated rings. The molecule has 2 rings (SSSR count). The minimum atomic E-state index is -1.09. The average molecular weight is 252 g/mol. The maximum Gasteiger partial charge on any atom is 0.159 e. The number of aliphatic hydroxyl groups is 1. The summed E-state index contributed by atoms with van der Waals surface area (Å²) in [5.41, 5.74) is 0.548. The zero-order chi connectivity index (χ0) is 13.1. The predicted octanol–water partition coefficient (Wildman–Crippen LogP) is 3.38. The van der Waals surface area contributed by atoms with Gasteiger partial charge in [0.15, 0.2) is 11.6 Å². The van der Waals surface area contributed by atoms with Gasteiger partial charge in [0.2, 0.25) is 0 Å². The number of hydrogen-bond acceptors (Lipinski definition) is 1. The lowest BCUT2D eigenvalue weighted by molar-refractivity contribution is 0.173. The van der Waals surface area contributed by atoms with Crippen molar-refractivity contribution in [2.45, 2.75) is 12.5 Å². The van der Waals surface area contributed by atoms with Crippen LogP contribution in [0.5, 0.6) is 0 Å². The Labute approximate surface area is 103 Å². The Hall–Kier alpha value is -1.81. The van der Waals surface area contributed by atoms with Gasteiger partial charge in [0.25, 0.3) is 0 Å². The van der Waals surface area contributed by atoms with Gasteiger partial charge in [0.1, 0.15) is 5.82 Å². The second kappa shape index (κ2) is 5.23. The monoisotopic (exact) mass is 252 g/mol. The first-order chi connectivity index (χ1) is 8.58. The zero-order valence-electron chi connectivity index (χ0n) is 9.41. The summed E-state index contributed by atoms with van der Waals surface area (Å²) in [5.74, 6) is -2.44. The van der Waals surface area contributed by atoms with Crippen LogP contribution in [-0.2, 0) is 6.42 Å². The molecule has 0 aromatic heterocycles. The van der Waals surface area contributed by atoms with Crippen molar-refractivity contribution in [2.75, 3.05) is 0 Å². The molecule has 1 atom stereocenters. The van der Waals surface area contributed by atoms with Gasteiger partial charge in [-0.2, -0.15) is 0 Å². The van der Waals surface area contributed by atoms with E-state index in [1.54, 1.807) is 6.07 Å². The molecule has 0 aliphatic heterocycles. The molecular formula is C14H11F3O. The van der Waals surface area contributed by atoms with Crippen molar-refractivity contribution in [1.82, 2.24) is 0 Å². The van der Waals surface area contributed by atoms with E-state index in [0.717, 1.165) is 12.1 Å². The number of halogens is 3. The molecule has 0 aliphatic carbocycles. The summed E-state index contributed by atoms with van der Waals surface area (Å²) < 4.78 is 39.1. The molecule has 0 heterocycles. The minimum absolute atomic E-state index is 0.0259. The average Bonchev–Trinajstić information content (AvgIpc) is 2.34. The smallest absolute Gasteiger partial charge is 0.159 e. The van der Waals surface area contributed by atoms with Crippen molar-refractivity contribution in [3.63, 3.8) is 0 Å². The molecule has 2 aromatic carbocycles. The van der Waals surface area contributed by atoms with Crippen molar-refractivity contribution in [3.8, 4) is 0 Å². The van der Waals surface area contributed by atoms with Crippen LogP contribution >= 0.6 is 0 Å². The summed E-state index contributed by atoms with van der Waals surface area (Å²) in [6.45, 7) is 0. The zero-order valence-corrected chi connectivity index (χ0v) is 9.41. The highest BCUT2D eigenvalue weighted by Crippen LogP contribution is 2.21. The second-order valence-corrected chi connectivity index (χ2v) is 3.99. The molecule has 2 aromatic rings. The predicted molar refractivity (Wildman–Crippen MR) is 61.4 cm³/mol. The molecule has 0 saturated heterocycles. The molecule has 18 heavy (non-hydrogen) atoms. The first-order valence-electron chi connectivity index (χ1n) is 5.44. The van der Waals surface area contributed by atoms with Gasteiger partial charge in [-0.15, -0.1) is 0 Å². The van der Waals surface area contributed by atoms with Gasteiger partial charge in [0, 0.05) is 12.0 Å². The van der Waals surface area contributed by atoms with Gasteiger partial charge < -0.3 is 5.11 Å². The third kappa shape index (κ3) is 2.71. The van der Waals surface area contributed by atoms with Crippen LogP contribution in [0.2, 0.25) is 0 Å². The van der Waals surface area contributed by atoms with Crippen LogP contribution in [0.4, 0.5) is 13.2 Å². The fourth-order valence-corrected chi connectivity index (χ4v) is 1.75. The van der Waals surface area contributed by atoms with Gasteiger partial charge in [-0.1, -0.05) is 24.3 Å². The summed E-state index contributed by atoms with van der Waals surface area (Å²) in [7, 11) is 0. The Morgan fingerprint density at radius 2 is 1.61 bits per heavy atom. The van der Waals surface area contributed by atoms with Crippen molar-refractivity contribution in [1.29, 1.82) is 0 Å². The van der Waals surface area contributed by atoms with Gasteiger partial charge in [-0.25, -0.2) is 13.2 Å². The molecule has 4 heteroatoms. The van der Waals surface area contributed by atoms with E-state index in [0.29, 0.717) is 5.56 Å². The lowest BCUT2D eigenvalue weighted by Gasteiger charge is -2.12. The molecule has 1 nitrogen and oxygen atoms in total. The van der Waals surface area contributed by atoms with E-state index in [2.05, 4.69) is 0 Å². The molecule has 94 valence electrons. The largest absolute Gasteiger partial charge is 0.388 e. The van der Waals surface area contributed by atoms with E-state index >= 15 is 0 Å². The van der Waals surface area contributed by atoms with Crippen LogP contribution in [0.15, 0.2) is 42.5 Å². The standard InChI is InChI=1S/C14H11F3O/c15-11-4-2-1-3-10(11)14(18)8-9-5-6-12(16)13(17)7-9/h1-7,14,18H,8H2. The summed E-state index contributed by atoms with van der Waals surface area (Å²) in [6.07, 6.45) is -1.06. The van der Waals surface area contributed by atoms with Crippen molar-refractivity contribution < 1.29 is 18.3 Å². The van der Waals surface area contributed by atoms with Crippen molar-refractivity contribution in [2.24, 2.45) is 0 Å². The van der Waals surface area contributed by atoms with Gasteiger partial charge in [-0.05, 0) is 23.8 Å². The van der Waals surface area contributed by atoms with E-state index in [9.17, 15) is 18.3 Å². The Kier molecular flexibility index (Phi) is 3.67. The molecule has 1 unspecified atom stereocenters. The summed E-state index contributed by atoms with van der Waals surface area (Å²) in [4.78, 5) is 0. The van der Waals surface area contributed by atoms with E-state index < -0.39 is 23.6 Å². The third-order valence-electron chi connectivity index (χ3n) is 2.68. The highest BCUT2D eigenvalue weighted by Gasteiger charge is 2.13. The molecule has 1 N–H and O–H groups in total. The molecule has 0 aliphatic rings. The van der Waals surface area contributed by atoms with E-state index in [1.807, 2.05) is 0 Å². The first kappa shape index (κ1) is 12.6. The first-order valence-corrected chi connectivity index (χ1v) is 5.44. The Balaban J connectivity index is 2.19. The molecule has 0 spiro atoms. The van der Waals surface area contributed by atoms with Crippen LogP contribution in [-0.4, -0.2) is 5.11 Å². The third-order valence-corrected chi connectivity index (χ3v) is 2.68. The van der Waals surface area contributed by atoms with E-state index in [1.165, 1.54) is 24.3 Å². The van der Waals surface area contributed by atoms with E-state index in [-0.39, 0.29) is 12.0 Å². The highest BCUT2D eigenvalue weighted by atomic mass is 19.2. The Bertz CT molecular complexity index is 554. The molecular weight excluding hydrogens is 241 g/mol. The van der Waals surface area contributed by atoms with Crippen LogP contribution < -0.4 is 0 Å². The van der Waals surface area contributed by atoms with Gasteiger partial charge in [-0.3, -0.25) is 0 Å². The van der Waals surface area contributed by atoms with Crippen LogP contribution in [0.3, 0.4) is 0 Å². The van der Waals surface area contributed by atoms with Crippen molar-refractivity contribution in [3.05, 3.63) is 71.0 Å².